The Hall–Kier alpha value is -1.91. The van der Waals surface area contributed by atoms with Crippen LogP contribution in [0.25, 0.3) is 0 Å². The van der Waals surface area contributed by atoms with Crippen molar-refractivity contribution in [1.29, 1.82) is 0 Å². The Bertz CT molecular complexity index is 482. The molecule has 1 aliphatic heterocycles. The van der Waals surface area contributed by atoms with Crippen LogP contribution in [0.4, 0.5) is 0 Å². The van der Waals surface area contributed by atoms with Gasteiger partial charge in [0.1, 0.15) is 0 Å². The van der Waals surface area contributed by atoms with Gasteiger partial charge in [-0.1, -0.05) is 0 Å². The summed E-state index contributed by atoms with van der Waals surface area (Å²) in [5, 5.41) is 11.4. The van der Waals surface area contributed by atoms with Crippen molar-refractivity contribution in [2.24, 2.45) is 0 Å². The first-order valence-electron chi connectivity index (χ1n) is 5.00. The predicted octanol–water partition coefficient (Wildman–Crippen LogP) is 0.958. The number of fused-ring (bicyclic) bond motifs is 1. The molecular formula is C11H12N2O3. The summed E-state index contributed by atoms with van der Waals surface area (Å²) in [5.74, 6) is -1.18. The first kappa shape index (κ1) is 10.6. The Labute approximate surface area is 92.5 Å². The van der Waals surface area contributed by atoms with Crippen LogP contribution in [0.5, 0.6) is 0 Å². The van der Waals surface area contributed by atoms with Crippen LogP contribution in [0.15, 0.2) is 6.07 Å². The highest BCUT2D eigenvalue weighted by Gasteiger charge is 2.32. The lowest BCUT2D eigenvalue weighted by Crippen LogP contribution is -2.21. The van der Waals surface area contributed by atoms with E-state index < -0.39 is 12.0 Å². The van der Waals surface area contributed by atoms with E-state index in [1.165, 1.54) is 0 Å². The SMILES string of the molecule is Cc1cc(C)c2c(n1)C(CC(=O)O)NC2=O. The monoisotopic (exact) mass is 220 g/mol. The molecule has 84 valence electrons. The van der Waals surface area contributed by atoms with Gasteiger partial charge < -0.3 is 10.4 Å². The molecule has 1 unspecified atom stereocenters. The molecular weight excluding hydrogens is 208 g/mol. The second-order valence-corrected chi connectivity index (χ2v) is 3.96. The highest BCUT2D eigenvalue weighted by atomic mass is 16.4. The van der Waals surface area contributed by atoms with Crippen LogP contribution in [-0.4, -0.2) is 22.0 Å². The summed E-state index contributed by atoms with van der Waals surface area (Å²) in [7, 11) is 0. The number of aliphatic carboxylic acids is 1. The van der Waals surface area contributed by atoms with Crippen molar-refractivity contribution in [3.05, 3.63) is 28.6 Å². The number of amides is 1. The summed E-state index contributed by atoms with van der Waals surface area (Å²) >= 11 is 0. The molecule has 16 heavy (non-hydrogen) atoms. The largest absolute Gasteiger partial charge is 0.481 e. The summed E-state index contributed by atoms with van der Waals surface area (Å²) in [6.45, 7) is 3.66. The van der Waals surface area contributed by atoms with Gasteiger partial charge in [-0.15, -0.1) is 0 Å². The predicted molar refractivity (Wildman–Crippen MR) is 56.2 cm³/mol. The Morgan fingerprint density at radius 1 is 1.56 bits per heavy atom. The topological polar surface area (TPSA) is 79.3 Å². The first-order valence-corrected chi connectivity index (χ1v) is 5.00. The van der Waals surface area contributed by atoms with Crippen molar-refractivity contribution in [3.8, 4) is 0 Å². The number of aromatic nitrogens is 1. The number of hydrogen-bond donors (Lipinski definition) is 2. The zero-order chi connectivity index (χ0) is 11.9. The van der Waals surface area contributed by atoms with Gasteiger partial charge in [-0.2, -0.15) is 0 Å². The molecule has 5 heteroatoms. The fraction of sp³-hybridized carbons (Fsp3) is 0.364. The molecule has 2 N–H and O–H groups in total. The molecule has 2 heterocycles. The van der Waals surface area contributed by atoms with Gasteiger partial charge in [0, 0.05) is 5.69 Å². The quantitative estimate of drug-likeness (QED) is 0.778. The van der Waals surface area contributed by atoms with E-state index in [1.807, 2.05) is 19.9 Å². The number of nitrogens with zero attached hydrogens (tertiary/aromatic N) is 1. The number of carbonyl (C=O) groups excluding carboxylic acids is 1. The Balaban J connectivity index is 2.48. The van der Waals surface area contributed by atoms with Gasteiger partial charge >= 0.3 is 5.97 Å². The maximum Gasteiger partial charge on any atom is 0.305 e. The summed E-state index contributed by atoms with van der Waals surface area (Å²) in [4.78, 5) is 26.6. The number of rotatable bonds is 2. The van der Waals surface area contributed by atoms with Crippen molar-refractivity contribution >= 4 is 11.9 Å². The lowest BCUT2D eigenvalue weighted by molar-refractivity contribution is -0.137. The maximum absolute atomic E-state index is 11.6. The van der Waals surface area contributed by atoms with E-state index in [4.69, 9.17) is 5.11 Å². The van der Waals surface area contributed by atoms with Crippen LogP contribution in [0.3, 0.4) is 0 Å². The number of carboxylic acids is 1. The van der Waals surface area contributed by atoms with Gasteiger partial charge in [-0.05, 0) is 25.5 Å². The highest BCUT2D eigenvalue weighted by molar-refractivity contribution is 6.00. The van der Waals surface area contributed by atoms with E-state index in [0.29, 0.717) is 11.3 Å². The molecule has 2 rings (SSSR count). The molecule has 1 aliphatic rings. The van der Waals surface area contributed by atoms with Crippen LogP contribution in [0.2, 0.25) is 0 Å². The molecule has 0 fully saturated rings. The summed E-state index contributed by atoms with van der Waals surface area (Å²) in [5.41, 5.74) is 2.72. The van der Waals surface area contributed by atoms with Crippen molar-refractivity contribution in [2.45, 2.75) is 26.3 Å². The van der Waals surface area contributed by atoms with Crippen molar-refractivity contribution < 1.29 is 14.7 Å². The molecule has 0 aromatic carbocycles. The van der Waals surface area contributed by atoms with Gasteiger partial charge in [-0.3, -0.25) is 14.6 Å². The zero-order valence-electron chi connectivity index (χ0n) is 9.07. The second kappa shape index (κ2) is 3.59. The molecule has 0 spiro atoms. The Kier molecular flexibility index (Phi) is 2.38. The van der Waals surface area contributed by atoms with Gasteiger partial charge in [0.15, 0.2) is 0 Å². The molecule has 1 aromatic rings. The van der Waals surface area contributed by atoms with Gasteiger partial charge in [-0.25, -0.2) is 0 Å². The fourth-order valence-electron chi connectivity index (χ4n) is 2.03. The smallest absolute Gasteiger partial charge is 0.305 e. The molecule has 1 aromatic heterocycles. The highest BCUT2D eigenvalue weighted by Crippen LogP contribution is 2.28. The number of hydrogen-bond acceptors (Lipinski definition) is 3. The number of pyridine rings is 1. The molecule has 0 saturated carbocycles. The van der Waals surface area contributed by atoms with E-state index in [-0.39, 0.29) is 12.3 Å². The van der Waals surface area contributed by atoms with Crippen molar-refractivity contribution in [3.63, 3.8) is 0 Å². The van der Waals surface area contributed by atoms with Crippen LogP contribution in [0.1, 0.15) is 39.8 Å². The summed E-state index contributed by atoms with van der Waals surface area (Å²) in [6.07, 6.45) is -0.130. The van der Waals surface area contributed by atoms with Crippen LogP contribution < -0.4 is 5.32 Å². The molecule has 0 radical (unpaired) electrons. The number of carbonyl (C=O) groups is 2. The minimum Gasteiger partial charge on any atom is -0.481 e. The molecule has 1 amide bonds. The second-order valence-electron chi connectivity index (χ2n) is 3.96. The lowest BCUT2D eigenvalue weighted by atomic mass is 10.0. The zero-order valence-corrected chi connectivity index (χ0v) is 9.07. The first-order chi connectivity index (χ1) is 7.49. The van der Waals surface area contributed by atoms with E-state index in [9.17, 15) is 9.59 Å². The number of carboxylic acid groups (broad SMARTS) is 1. The van der Waals surface area contributed by atoms with Crippen LogP contribution in [0, 0.1) is 13.8 Å². The molecule has 0 bridgehead atoms. The van der Waals surface area contributed by atoms with Gasteiger partial charge in [0.05, 0.1) is 23.7 Å². The third-order valence-electron chi connectivity index (χ3n) is 2.61. The molecule has 1 atom stereocenters. The third kappa shape index (κ3) is 1.64. The van der Waals surface area contributed by atoms with Crippen LogP contribution in [-0.2, 0) is 4.79 Å². The van der Waals surface area contributed by atoms with Crippen LogP contribution >= 0.6 is 0 Å². The average molecular weight is 220 g/mol. The van der Waals surface area contributed by atoms with E-state index >= 15 is 0 Å². The Morgan fingerprint density at radius 3 is 2.88 bits per heavy atom. The van der Waals surface area contributed by atoms with Crippen molar-refractivity contribution in [2.75, 3.05) is 0 Å². The van der Waals surface area contributed by atoms with E-state index in [0.717, 1.165) is 11.3 Å². The van der Waals surface area contributed by atoms with Gasteiger partial charge in [0.2, 0.25) is 0 Å². The van der Waals surface area contributed by atoms with E-state index in [1.54, 1.807) is 0 Å². The van der Waals surface area contributed by atoms with E-state index in [2.05, 4.69) is 10.3 Å². The molecule has 0 saturated heterocycles. The molecule has 0 aliphatic carbocycles. The average Bonchev–Trinajstić information content (AvgIpc) is 2.41. The molecule has 5 nitrogen and oxygen atoms in total. The van der Waals surface area contributed by atoms with Gasteiger partial charge in [0.25, 0.3) is 5.91 Å². The minimum absolute atomic E-state index is 0.130. The number of aryl methyl sites for hydroxylation is 2. The lowest BCUT2D eigenvalue weighted by Gasteiger charge is -2.08. The maximum atomic E-state index is 11.6. The summed E-state index contributed by atoms with van der Waals surface area (Å²) < 4.78 is 0. The fourth-order valence-corrected chi connectivity index (χ4v) is 2.03. The summed E-state index contributed by atoms with van der Waals surface area (Å²) in [6, 6.07) is 1.32. The van der Waals surface area contributed by atoms with Crippen molar-refractivity contribution in [1.82, 2.24) is 10.3 Å². The Morgan fingerprint density at radius 2 is 2.25 bits per heavy atom. The third-order valence-corrected chi connectivity index (χ3v) is 2.61. The number of nitrogens with one attached hydrogen (secondary N) is 1. The normalized spacial score (nSPS) is 18.1. The minimum atomic E-state index is -0.945. The standard InChI is InChI=1S/C11H12N2O3/c1-5-3-6(2)12-10-7(4-8(14)15)13-11(16)9(5)10/h3,7H,4H2,1-2H3,(H,13,16)(H,14,15).